The zero-order valence-electron chi connectivity index (χ0n) is 9.28. The summed E-state index contributed by atoms with van der Waals surface area (Å²) in [7, 11) is 0. The number of aromatic nitrogens is 2. The van der Waals surface area contributed by atoms with Crippen LogP contribution in [0.4, 0.5) is 5.95 Å². The van der Waals surface area contributed by atoms with E-state index in [0.717, 1.165) is 53.4 Å². The summed E-state index contributed by atoms with van der Waals surface area (Å²) in [4.78, 5) is 11.4. The number of nitrogens with one attached hydrogen (secondary N) is 1. The summed E-state index contributed by atoms with van der Waals surface area (Å²) in [6.07, 6.45) is 0. The molecule has 2 aliphatic heterocycles. The van der Waals surface area contributed by atoms with Crippen molar-refractivity contribution in [1.29, 1.82) is 0 Å². The van der Waals surface area contributed by atoms with Crippen molar-refractivity contribution >= 4 is 28.5 Å². The van der Waals surface area contributed by atoms with Crippen LogP contribution in [0.15, 0.2) is 6.07 Å². The third-order valence-electron chi connectivity index (χ3n) is 3.48. The second kappa shape index (κ2) is 4.10. The SMILES string of the molecule is Cc1cc(I)nc(N2C[C@H]3CNC[C@H]3C2)n1. The third kappa shape index (κ3) is 1.90. The Morgan fingerprint density at radius 2 is 2.00 bits per heavy atom. The highest BCUT2D eigenvalue weighted by molar-refractivity contribution is 14.1. The molecule has 1 aromatic heterocycles. The molecule has 5 heteroatoms. The van der Waals surface area contributed by atoms with Gasteiger partial charge in [-0.15, -0.1) is 0 Å². The molecule has 86 valence electrons. The van der Waals surface area contributed by atoms with Gasteiger partial charge in [0.05, 0.1) is 0 Å². The van der Waals surface area contributed by atoms with Crippen LogP contribution in [-0.4, -0.2) is 36.1 Å². The number of halogens is 1. The molecule has 0 spiro atoms. The van der Waals surface area contributed by atoms with Crippen LogP contribution in [0.2, 0.25) is 0 Å². The van der Waals surface area contributed by atoms with E-state index in [1.165, 1.54) is 0 Å². The maximum atomic E-state index is 4.53. The van der Waals surface area contributed by atoms with Crippen LogP contribution >= 0.6 is 22.6 Å². The highest BCUT2D eigenvalue weighted by Crippen LogP contribution is 2.28. The Labute approximate surface area is 109 Å². The van der Waals surface area contributed by atoms with Crippen LogP contribution in [0.3, 0.4) is 0 Å². The Morgan fingerprint density at radius 1 is 1.31 bits per heavy atom. The minimum absolute atomic E-state index is 0.793. The maximum absolute atomic E-state index is 4.53. The Hall–Kier alpha value is -0.430. The van der Waals surface area contributed by atoms with Gasteiger partial charge >= 0.3 is 0 Å². The summed E-state index contributed by atoms with van der Waals surface area (Å²) >= 11 is 2.26. The number of fused-ring (bicyclic) bond motifs is 1. The van der Waals surface area contributed by atoms with E-state index >= 15 is 0 Å². The van der Waals surface area contributed by atoms with Gasteiger partial charge in [0.2, 0.25) is 5.95 Å². The van der Waals surface area contributed by atoms with Crippen LogP contribution in [0.25, 0.3) is 0 Å². The van der Waals surface area contributed by atoms with Crippen molar-refractivity contribution in [2.24, 2.45) is 11.8 Å². The predicted molar refractivity (Wildman–Crippen MR) is 71.5 cm³/mol. The molecule has 0 amide bonds. The molecular formula is C11H15IN4. The smallest absolute Gasteiger partial charge is 0.226 e. The van der Waals surface area contributed by atoms with E-state index in [4.69, 9.17) is 0 Å². The molecule has 4 nitrogen and oxygen atoms in total. The highest BCUT2D eigenvalue weighted by Gasteiger charge is 2.37. The molecule has 0 saturated carbocycles. The molecular weight excluding hydrogens is 315 g/mol. The van der Waals surface area contributed by atoms with Gasteiger partial charge in [-0.05, 0) is 47.4 Å². The van der Waals surface area contributed by atoms with Crippen LogP contribution in [-0.2, 0) is 0 Å². The average Bonchev–Trinajstić information content (AvgIpc) is 2.74. The molecule has 2 atom stereocenters. The molecule has 3 heterocycles. The van der Waals surface area contributed by atoms with Gasteiger partial charge in [-0.3, -0.25) is 0 Å². The summed E-state index contributed by atoms with van der Waals surface area (Å²) in [5.41, 5.74) is 1.06. The van der Waals surface area contributed by atoms with E-state index in [2.05, 4.69) is 42.8 Å². The monoisotopic (exact) mass is 330 g/mol. The summed E-state index contributed by atoms with van der Waals surface area (Å²) in [6.45, 7) is 6.56. The highest BCUT2D eigenvalue weighted by atomic mass is 127. The minimum atomic E-state index is 0.793. The van der Waals surface area contributed by atoms with Gasteiger partial charge < -0.3 is 10.2 Å². The van der Waals surface area contributed by atoms with E-state index in [0.29, 0.717) is 0 Å². The molecule has 0 bridgehead atoms. The molecule has 1 N–H and O–H groups in total. The summed E-state index contributed by atoms with van der Waals surface area (Å²) < 4.78 is 1.04. The van der Waals surface area contributed by atoms with Gasteiger partial charge in [0.15, 0.2) is 0 Å². The summed E-state index contributed by atoms with van der Waals surface area (Å²) in [5, 5.41) is 3.45. The number of nitrogens with zero attached hydrogens (tertiary/aromatic N) is 3. The summed E-state index contributed by atoms with van der Waals surface area (Å²) in [6, 6.07) is 2.02. The summed E-state index contributed by atoms with van der Waals surface area (Å²) in [5.74, 6) is 2.50. The van der Waals surface area contributed by atoms with E-state index in [9.17, 15) is 0 Å². The lowest BCUT2D eigenvalue weighted by atomic mass is 10.0. The van der Waals surface area contributed by atoms with Crippen molar-refractivity contribution in [3.63, 3.8) is 0 Å². The lowest BCUT2D eigenvalue weighted by Gasteiger charge is -2.17. The molecule has 0 radical (unpaired) electrons. The lowest BCUT2D eigenvalue weighted by Crippen LogP contribution is -2.27. The zero-order valence-corrected chi connectivity index (χ0v) is 11.4. The second-order valence-electron chi connectivity index (χ2n) is 4.72. The van der Waals surface area contributed by atoms with Crippen LogP contribution in [0.1, 0.15) is 5.69 Å². The van der Waals surface area contributed by atoms with Crippen molar-refractivity contribution in [2.45, 2.75) is 6.92 Å². The first kappa shape index (κ1) is 10.7. The Bertz CT molecular complexity index is 377. The van der Waals surface area contributed by atoms with Crippen molar-refractivity contribution in [1.82, 2.24) is 15.3 Å². The molecule has 0 unspecified atom stereocenters. The van der Waals surface area contributed by atoms with E-state index in [1.54, 1.807) is 0 Å². The van der Waals surface area contributed by atoms with Gasteiger partial charge in [-0.1, -0.05) is 0 Å². The minimum Gasteiger partial charge on any atom is -0.340 e. The zero-order chi connectivity index (χ0) is 11.1. The fourth-order valence-electron chi connectivity index (χ4n) is 2.68. The molecule has 2 fully saturated rings. The Balaban J connectivity index is 1.83. The largest absolute Gasteiger partial charge is 0.340 e. The third-order valence-corrected chi connectivity index (χ3v) is 4.04. The fourth-order valence-corrected chi connectivity index (χ4v) is 3.34. The molecule has 2 aliphatic rings. The van der Waals surface area contributed by atoms with Gasteiger partial charge in [0.25, 0.3) is 0 Å². The number of anilines is 1. The van der Waals surface area contributed by atoms with Crippen molar-refractivity contribution < 1.29 is 0 Å². The Kier molecular flexibility index (Phi) is 2.75. The fraction of sp³-hybridized carbons (Fsp3) is 0.636. The molecule has 0 aliphatic carbocycles. The molecule has 16 heavy (non-hydrogen) atoms. The second-order valence-corrected chi connectivity index (χ2v) is 5.82. The lowest BCUT2D eigenvalue weighted by molar-refractivity contribution is 0.533. The van der Waals surface area contributed by atoms with Crippen molar-refractivity contribution in [3.8, 4) is 0 Å². The number of rotatable bonds is 1. The standard InChI is InChI=1S/C11H15IN4/c1-7-2-10(12)15-11(14-7)16-5-8-3-13-4-9(8)6-16/h2,8-9,13H,3-6H2,1H3/t8-,9+. The van der Waals surface area contributed by atoms with E-state index in [1.807, 2.05) is 13.0 Å². The number of hydrogen-bond donors (Lipinski definition) is 1. The van der Waals surface area contributed by atoms with E-state index in [-0.39, 0.29) is 0 Å². The van der Waals surface area contributed by atoms with Gasteiger partial charge in [0.1, 0.15) is 3.70 Å². The first-order chi connectivity index (χ1) is 7.72. The predicted octanol–water partition coefficient (Wildman–Crippen LogP) is 1.05. The first-order valence-electron chi connectivity index (χ1n) is 5.69. The molecule has 1 aromatic rings. The van der Waals surface area contributed by atoms with Crippen molar-refractivity contribution in [2.75, 3.05) is 31.1 Å². The average molecular weight is 330 g/mol. The number of hydrogen-bond acceptors (Lipinski definition) is 4. The molecule has 3 rings (SSSR count). The normalized spacial score (nSPS) is 28.5. The van der Waals surface area contributed by atoms with Gasteiger partial charge in [-0.2, -0.15) is 0 Å². The molecule has 2 saturated heterocycles. The van der Waals surface area contributed by atoms with Crippen LogP contribution in [0, 0.1) is 22.5 Å². The quantitative estimate of drug-likeness (QED) is 0.617. The van der Waals surface area contributed by atoms with Crippen LogP contribution in [0.5, 0.6) is 0 Å². The topological polar surface area (TPSA) is 41.1 Å². The van der Waals surface area contributed by atoms with E-state index < -0.39 is 0 Å². The number of aryl methyl sites for hydroxylation is 1. The van der Waals surface area contributed by atoms with Crippen molar-refractivity contribution in [3.05, 3.63) is 15.5 Å². The molecule has 0 aromatic carbocycles. The van der Waals surface area contributed by atoms with Crippen LogP contribution < -0.4 is 10.2 Å². The first-order valence-corrected chi connectivity index (χ1v) is 6.77. The maximum Gasteiger partial charge on any atom is 0.226 e. The van der Waals surface area contributed by atoms with Gasteiger partial charge in [0, 0.05) is 31.9 Å². The van der Waals surface area contributed by atoms with Gasteiger partial charge in [-0.25, -0.2) is 9.97 Å². The Morgan fingerprint density at radius 3 is 2.62 bits per heavy atom.